The molecule has 0 unspecified atom stereocenters. The summed E-state index contributed by atoms with van der Waals surface area (Å²) >= 11 is 0. The molecule has 1 aliphatic carbocycles. The Bertz CT molecular complexity index is 2820. The molecule has 0 saturated carbocycles. The van der Waals surface area contributed by atoms with Crippen molar-refractivity contribution in [1.29, 1.82) is 0 Å². The average molecular weight is 648 g/mol. The Morgan fingerprint density at radius 3 is 1.98 bits per heavy atom. The number of hydrogen-bond donors (Lipinski definition) is 0. The van der Waals surface area contributed by atoms with E-state index in [1.807, 2.05) is 60.7 Å². The van der Waals surface area contributed by atoms with E-state index in [2.05, 4.69) is 94.4 Å². The lowest BCUT2D eigenvalue weighted by Crippen LogP contribution is -2.43. The highest BCUT2D eigenvalue weighted by Crippen LogP contribution is 2.56. The zero-order valence-corrected chi connectivity index (χ0v) is 28.3. The second kappa shape index (κ2) is 10.2. The molecule has 0 aliphatic heterocycles. The van der Waals surface area contributed by atoms with E-state index in [1.54, 1.807) is 0 Å². The Balaban J connectivity index is 1.20. The molecule has 5 heteroatoms. The summed E-state index contributed by atoms with van der Waals surface area (Å²) in [5.74, 6) is 1.81. The highest BCUT2D eigenvalue weighted by molar-refractivity contribution is 6.12. The van der Waals surface area contributed by atoms with Crippen LogP contribution in [0.1, 0.15) is 38.8 Å². The number of benzene rings is 6. The van der Waals surface area contributed by atoms with Gasteiger partial charge in [-0.05, 0) is 58.5 Å². The van der Waals surface area contributed by atoms with E-state index in [0.29, 0.717) is 17.5 Å². The van der Waals surface area contributed by atoms with Crippen LogP contribution in [0.15, 0.2) is 136 Å². The summed E-state index contributed by atoms with van der Waals surface area (Å²) in [4.78, 5) is 15.3. The van der Waals surface area contributed by atoms with E-state index in [0.717, 1.165) is 60.6 Å². The maximum absolute atomic E-state index is 6.79. The predicted octanol–water partition coefficient (Wildman–Crippen LogP) is 11.9. The fraction of sp³-hybridized carbons (Fsp3) is 0.133. The maximum atomic E-state index is 6.79. The number of nitrogens with zero attached hydrogens (tertiary/aromatic N) is 3. The SMILES string of the molecule is CC1(C)c2ccccc2-c2ccc3c(oc4ccc(-c5nc(-c6ccccc6)nc(-c6cccc7oc8ccccc8c67)n5)cc43)c2C1(C)C. The van der Waals surface area contributed by atoms with Gasteiger partial charge in [-0.25, -0.2) is 15.0 Å². The van der Waals surface area contributed by atoms with Gasteiger partial charge in [0, 0.05) is 49.2 Å². The van der Waals surface area contributed by atoms with E-state index >= 15 is 0 Å². The summed E-state index contributed by atoms with van der Waals surface area (Å²) in [6.07, 6.45) is 0. The van der Waals surface area contributed by atoms with Crippen LogP contribution < -0.4 is 0 Å². The third-order valence-corrected chi connectivity index (χ3v) is 11.3. The second-order valence-corrected chi connectivity index (χ2v) is 14.4. The molecule has 9 aromatic rings. The number of furan rings is 2. The first-order chi connectivity index (χ1) is 24.3. The molecule has 0 fully saturated rings. The summed E-state index contributed by atoms with van der Waals surface area (Å²) in [5.41, 5.74) is 11.0. The van der Waals surface area contributed by atoms with Crippen molar-refractivity contribution in [1.82, 2.24) is 15.0 Å². The van der Waals surface area contributed by atoms with E-state index in [1.165, 1.54) is 22.3 Å². The van der Waals surface area contributed by atoms with Gasteiger partial charge in [0.05, 0.1) is 0 Å². The van der Waals surface area contributed by atoms with Gasteiger partial charge < -0.3 is 8.83 Å². The lowest BCUT2D eigenvalue weighted by atomic mass is 9.55. The lowest BCUT2D eigenvalue weighted by Gasteiger charge is -2.48. The Kier molecular flexibility index (Phi) is 5.91. The van der Waals surface area contributed by atoms with Crippen LogP contribution in [0.3, 0.4) is 0 Å². The Labute approximate surface area is 289 Å². The smallest absolute Gasteiger partial charge is 0.164 e. The van der Waals surface area contributed by atoms with Gasteiger partial charge in [-0.3, -0.25) is 0 Å². The van der Waals surface area contributed by atoms with Crippen molar-refractivity contribution in [2.24, 2.45) is 0 Å². The summed E-state index contributed by atoms with van der Waals surface area (Å²) in [5, 5.41) is 4.16. The fourth-order valence-corrected chi connectivity index (χ4v) is 8.04. The first kappa shape index (κ1) is 28.9. The average Bonchev–Trinajstić information content (AvgIpc) is 3.72. The minimum absolute atomic E-state index is 0.104. The van der Waals surface area contributed by atoms with Gasteiger partial charge >= 0.3 is 0 Å². The molecule has 6 aromatic carbocycles. The highest BCUT2D eigenvalue weighted by atomic mass is 16.3. The highest BCUT2D eigenvalue weighted by Gasteiger charge is 2.47. The summed E-state index contributed by atoms with van der Waals surface area (Å²) in [7, 11) is 0. The van der Waals surface area contributed by atoms with Gasteiger partial charge in [-0.1, -0.05) is 119 Å². The van der Waals surface area contributed by atoms with Crippen LogP contribution in [-0.2, 0) is 10.8 Å². The molecule has 0 spiro atoms. The molecule has 240 valence electrons. The van der Waals surface area contributed by atoms with Crippen LogP contribution in [0.5, 0.6) is 0 Å². The van der Waals surface area contributed by atoms with Gasteiger partial charge in [0.2, 0.25) is 0 Å². The molecule has 0 atom stereocenters. The topological polar surface area (TPSA) is 65.0 Å². The molecule has 0 amide bonds. The lowest BCUT2D eigenvalue weighted by molar-refractivity contribution is 0.299. The number of fused-ring (bicyclic) bond motifs is 10. The molecule has 50 heavy (non-hydrogen) atoms. The van der Waals surface area contributed by atoms with Crippen molar-refractivity contribution >= 4 is 43.9 Å². The Hall–Kier alpha value is -6.07. The van der Waals surface area contributed by atoms with Gasteiger partial charge in [-0.15, -0.1) is 0 Å². The molecular weight excluding hydrogens is 615 g/mol. The molecule has 10 rings (SSSR count). The predicted molar refractivity (Wildman–Crippen MR) is 202 cm³/mol. The monoisotopic (exact) mass is 647 g/mol. The number of rotatable bonds is 3. The normalized spacial score (nSPS) is 14.7. The minimum Gasteiger partial charge on any atom is -0.456 e. The molecule has 3 heterocycles. The minimum atomic E-state index is -0.182. The van der Waals surface area contributed by atoms with Crippen LogP contribution in [0.2, 0.25) is 0 Å². The maximum Gasteiger partial charge on any atom is 0.164 e. The standard InChI is InChI=1S/C45H33N3O2/c1-44(2)34-18-10-8-15-28(34)29-22-23-30-33-25-27(21-24-36(33)50-40(30)39(29)45(44,3)4)42-46-41(26-13-6-5-7-14-26)47-43(48-42)32-17-12-20-37-38(32)31-16-9-11-19-35(31)49-37/h5-25H,1-4H3. The molecule has 0 bridgehead atoms. The summed E-state index contributed by atoms with van der Waals surface area (Å²) in [6, 6.07) is 43.8. The molecule has 0 saturated heterocycles. The van der Waals surface area contributed by atoms with Crippen molar-refractivity contribution in [3.8, 4) is 45.3 Å². The Morgan fingerprint density at radius 2 is 1.12 bits per heavy atom. The van der Waals surface area contributed by atoms with E-state index in [-0.39, 0.29) is 10.8 Å². The van der Waals surface area contributed by atoms with Crippen molar-refractivity contribution in [2.45, 2.75) is 38.5 Å². The number of para-hydroxylation sites is 1. The molecule has 3 aromatic heterocycles. The molecule has 1 aliphatic rings. The van der Waals surface area contributed by atoms with E-state index < -0.39 is 0 Å². The molecule has 0 N–H and O–H groups in total. The van der Waals surface area contributed by atoms with Crippen molar-refractivity contribution in [2.75, 3.05) is 0 Å². The zero-order valence-electron chi connectivity index (χ0n) is 28.3. The van der Waals surface area contributed by atoms with Crippen LogP contribution >= 0.6 is 0 Å². The number of aromatic nitrogens is 3. The van der Waals surface area contributed by atoms with Crippen LogP contribution in [-0.4, -0.2) is 15.0 Å². The fourth-order valence-electron chi connectivity index (χ4n) is 8.04. The summed E-state index contributed by atoms with van der Waals surface area (Å²) in [6.45, 7) is 9.40. The van der Waals surface area contributed by atoms with Crippen molar-refractivity contribution < 1.29 is 8.83 Å². The van der Waals surface area contributed by atoms with Gasteiger partial charge in [0.1, 0.15) is 22.3 Å². The molecule has 5 nitrogen and oxygen atoms in total. The molecule has 0 radical (unpaired) electrons. The molecular formula is C45H33N3O2. The van der Waals surface area contributed by atoms with Crippen LogP contribution in [0.25, 0.3) is 89.2 Å². The van der Waals surface area contributed by atoms with Gasteiger partial charge in [0.15, 0.2) is 17.5 Å². The largest absolute Gasteiger partial charge is 0.456 e. The van der Waals surface area contributed by atoms with Crippen LogP contribution in [0.4, 0.5) is 0 Å². The third kappa shape index (κ3) is 3.98. The van der Waals surface area contributed by atoms with Gasteiger partial charge in [0.25, 0.3) is 0 Å². The van der Waals surface area contributed by atoms with Crippen molar-refractivity contribution in [3.63, 3.8) is 0 Å². The number of hydrogen-bond acceptors (Lipinski definition) is 5. The Morgan fingerprint density at radius 1 is 0.440 bits per heavy atom. The zero-order chi connectivity index (χ0) is 33.8. The first-order valence-electron chi connectivity index (χ1n) is 17.1. The van der Waals surface area contributed by atoms with E-state index in [4.69, 9.17) is 23.8 Å². The van der Waals surface area contributed by atoms with Crippen molar-refractivity contribution in [3.05, 3.63) is 139 Å². The second-order valence-electron chi connectivity index (χ2n) is 14.4. The quantitative estimate of drug-likeness (QED) is 0.191. The van der Waals surface area contributed by atoms with E-state index in [9.17, 15) is 0 Å². The summed E-state index contributed by atoms with van der Waals surface area (Å²) < 4.78 is 13.0. The first-order valence-corrected chi connectivity index (χ1v) is 17.1. The third-order valence-electron chi connectivity index (χ3n) is 11.3. The van der Waals surface area contributed by atoms with Gasteiger partial charge in [-0.2, -0.15) is 0 Å². The van der Waals surface area contributed by atoms with Crippen LogP contribution in [0, 0.1) is 0 Å².